The molecule has 1 aliphatic heterocycles. The minimum atomic E-state index is -4.16. The van der Waals surface area contributed by atoms with Crippen LogP contribution >= 0.6 is 23.2 Å². The molecule has 1 heterocycles. The number of halogens is 5. The van der Waals surface area contributed by atoms with E-state index in [0.717, 1.165) is 11.3 Å². The molecule has 0 spiro atoms. The molecule has 0 amide bonds. The van der Waals surface area contributed by atoms with E-state index in [2.05, 4.69) is 0 Å². The number of likely N-dealkylation sites (tertiary alicyclic amines) is 1. The Hall–Kier alpha value is -0.390. The van der Waals surface area contributed by atoms with Crippen LogP contribution in [0.4, 0.5) is 13.2 Å². The second kappa shape index (κ2) is 5.54. The van der Waals surface area contributed by atoms with Crippen LogP contribution in [-0.4, -0.2) is 37.8 Å². The van der Waals surface area contributed by atoms with E-state index in [-0.39, 0.29) is 5.92 Å². The highest BCUT2D eigenvalue weighted by Crippen LogP contribution is 2.42. The van der Waals surface area contributed by atoms with Gasteiger partial charge in [-0.3, -0.25) is 4.90 Å². The molecule has 19 heavy (non-hydrogen) atoms. The zero-order chi connectivity index (χ0) is 14.2. The lowest BCUT2D eigenvalue weighted by Crippen LogP contribution is -2.51. The van der Waals surface area contributed by atoms with Gasteiger partial charge in [0.1, 0.15) is 5.76 Å². The monoisotopic (exact) mass is 315 g/mol. The highest BCUT2D eigenvalue weighted by atomic mass is 35.5. The van der Waals surface area contributed by atoms with E-state index in [9.17, 15) is 13.2 Å². The lowest BCUT2D eigenvalue weighted by atomic mass is 9.86. The highest BCUT2D eigenvalue weighted by Gasteiger charge is 2.40. The standard InChI is InChI=1S/C12H14Cl2F3NO/c1-19-9-3-2-8(13)11(14)10(9)7-4-18(5-7)6-12(15,16)17/h7H,2-6H2,1H3. The van der Waals surface area contributed by atoms with Crippen molar-refractivity contribution >= 4 is 23.2 Å². The van der Waals surface area contributed by atoms with Crippen LogP contribution in [0.5, 0.6) is 0 Å². The van der Waals surface area contributed by atoms with E-state index in [1.54, 1.807) is 7.11 Å². The van der Waals surface area contributed by atoms with E-state index >= 15 is 0 Å². The predicted molar refractivity (Wildman–Crippen MR) is 68.0 cm³/mol. The summed E-state index contributed by atoms with van der Waals surface area (Å²) in [7, 11) is 1.55. The second-order valence-electron chi connectivity index (χ2n) is 4.77. The van der Waals surface area contributed by atoms with Gasteiger partial charge in [-0.1, -0.05) is 23.2 Å². The summed E-state index contributed by atoms with van der Waals surface area (Å²) < 4.78 is 42.0. The molecule has 0 aromatic carbocycles. The van der Waals surface area contributed by atoms with Gasteiger partial charge in [-0.05, 0) is 6.42 Å². The maximum Gasteiger partial charge on any atom is 0.401 e. The largest absolute Gasteiger partial charge is 0.501 e. The molecule has 2 aliphatic rings. The SMILES string of the molecule is COC1=C(C2CN(CC(F)(F)F)C2)C(Cl)=C(Cl)CC1. The van der Waals surface area contributed by atoms with Crippen molar-refractivity contribution < 1.29 is 17.9 Å². The Kier molecular flexibility index (Phi) is 4.38. The van der Waals surface area contributed by atoms with Crippen molar-refractivity contribution in [2.24, 2.45) is 5.92 Å². The van der Waals surface area contributed by atoms with Crippen molar-refractivity contribution in [2.45, 2.75) is 19.0 Å². The summed E-state index contributed by atoms with van der Waals surface area (Å²) in [5, 5.41) is 1.01. The molecule has 2 rings (SSSR count). The third-order valence-electron chi connectivity index (χ3n) is 3.36. The van der Waals surface area contributed by atoms with Gasteiger partial charge >= 0.3 is 6.18 Å². The Labute approximate surface area is 119 Å². The van der Waals surface area contributed by atoms with Gasteiger partial charge in [-0.25, -0.2) is 0 Å². The zero-order valence-corrected chi connectivity index (χ0v) is 11.9. The molecule has 108 valence electrons. The first kappa shape index (κ1) is 15.0. The Morgan fingerprint density at radius 1 is 1.26 bits per heavy atom. The molecular formula is C12H14Cl2F3NO. The molecule has 0 N–H and O–H groups in total. The molecule has 7 heteroatoms. The van der Waals surface area contributed by atoms with Gasteiger partial charge in [-0.15, -0.1) is 0 Å². The lowest BCUT2D eigenvalue weighted by molar-refractivity contribution is -0.156. The third kappa shape index (κ3) is 3.38. The van der Waals surface area contributed by atoms with Crippen LogP contribution in [0.1, 0.15) is 12.8 Å². The van der Waals surface area contributed by atoms with Crippen LogP contribution in [0.25, 0.3) is 0 Å². The first-order valence-corrected chi connectivity index (χ1v) is 6.68. The average molecular weight is 316 g/mol. The van der Waals surface area contributed by atoms with Crippen molar-refractivity contribution in [2.75, 3.05) is 26.7 Å². The van der Waals surface area contributed by atoms with E-state index in [0.29, 0.717) is 36.0 Å². The number of allylic oxidation sites excluding steroid dienone is 3. The third-order valence-corrected chi connectivity index (χ3v) is 4.27. The number of ether oxygens (including phenoxy) is 1. The van der Waals surface area contributed by atoms with Gasteiger partial charge in [0.2, 0.25) is 0 Å². The van der Waals surface area contributed by atoms with Gasteiger partial charge < -0.3 is 4.74 Å². The minimum Gasteiger partial charge on any atom is -0.501 e. The molecule has 0 unspecified atom stereocenters. The quantitative estimate of drug-likeness (QED) is 0.784. The van der Waals surface area contributed by atoms with Crippen LogP contribution in [0.15, 0.2) is 21.4 Å². The van der Waals surface area contributed by atoms with Crippen molar-refractivity contribution in [3.05, 3.63) is 21.4 Å². The normalized spacial score (nSPS) is 22.8. The van der Waals surface area contributed by atoms with Gasteiger partial charge in [0, 0.05) is 36.0 Å². The second-order valence-corrected chi connectivity index (χ2v) is 5.60. The maximum absolute atomic E-state index is 12.2. The van der Waals surface area contributed by atoms with Crippen LogP contribution in [0.2, 0.25) is 0 Å². The van der Waals surface area contributed by atoms with Crippen molar-refractivity contribution in [3.8, 4) is 0 Å². The Morgan fingerprint density at radius 3 is 2.42 bits per heavy atom. The van der Waals surface area contributed by atoms with Gasteiger partial charge in [-0.2, -0.15) is 13.2 Å². The summed E-state index contributed by atoms with van der Waals surface area (Å²) in [5.74, 6) is 0.713. The molecule has 0 aromatic heterocycles. The first-order valence-electron chi connectivity index (χ1n) is 5.92. The Morgan fingerprint density at radius 2 is 1.89 bits per heavy atom. The number of methoxy groups -OCH3 is 1. The Bertz CT molecular complexity index is 425. The molecule has 0 radical (unpaired) electrons. The summed E-state index contributed by atoms with van der Waals surface area (Å²) in [4.78, 5) is 1.34. The molecule has 2 nitrogen and oxygen atoms in total. The molecule has 1 saturated heterocycles. The number of alkyl halides is 3. The fraction of sp³-hybridized carbons (Fsp3) is 0.667. The zero-order valence-electron chi connectivity index (χ0n) is 10.4. The molecule has 0 atom stereocenters. The van der Waals surface area contributed by atoms with Gasteiger partial charge in [0.15, 0.2) is 0 Å². The van der Waals surface area contributed by atoms with E-state index in [1.165, 1.54) is 4.90 Å². The smallest absolute Gasteiger partial charge is 0.401 e. The lowest BCUT2D eigenvalue weighted by Gasteiger charge is -2.42. The van der Waals surface area contributed by atoms with Crippen molar-refractivity contribution in [1.82, 2.24) is 4.90 Å². The first-order chi connectivity index (χ1) is 8.81. The summed E-state index contributed by atoms with van der Waals surface area (Å²) in [6.07, 6.45) is -2.89. The summed E-state index contributed by atoms with van der Waals surface area (Å²) in [5.41, 5.74) is 0.777. The predicted octanol–water partition coefficient (Wildman–Crippen LogP) is 3.86. The van der Waals surface area contributed by atoms with E-state index in [1.807, 2.05) is 0 Å². The number of hydrogen-bond acceptors (Lipinski definition) is 2. The maximum atomic E-state index is 12.2. The van der Waals surface area contributed by atoms with Crippen LogP contribution in [0.3, 0.4) is 0 Å². The van der Waals surface area contributed by atoms with Crippen LogP contribution in [-0.2, 0) is 4.74 Å². The molecule has 0 saturated carbocycles. The van der Waals surface area contributed by atoms with Crippen molar-refractivity contribution in [1.29, 1.82) is 0 Å². The van der Waals surface area contributed by atoms with E-state index < -0.39 is 12.7 Å². The van der Waals surface area contributed by atoms with Gasteiger partial charge in [0.05, 0.1) is 18.7 Å². The van der Waals surface area contributed by atoms with Gasteiger partial charge in [0.25, 0.3) is 0 Å². The highest BCUT2D eigenvalue weighted by molar-refractivity contribution is 6.41. The molecule has 0 bridgehead atoms. The number of nitrogens with zero attached hydrogens (tertiary/aromatic N) is 1. The summed E-state index contributed by atoms with van der Waals surface area (Å²) >= 11 is 12.2. The number of rotatable bonds is 3. The Balaban J connectivity index is 2.05. The van der Waals surface area contributed by atoms with Crippen LogP contribution < -0.4 is 0 Å². The topological polar surface area (TPSA) is 12.5 Å². The summed E-state index contributed by atoms with van der Waals surface area (Å²) in [6.45, 7) is -0.210. The molecule has 0 aromatic rings. The summed E-state index contributed by atoms with van der Waals surface area (Å²) in [6, 6.07) is 0. The molecular weight excluding hydrogens is 302 g/mol. The fourth-order valence-corrected chi connectivity index (χ4v) is 3.04. The fourth-order valence-electron chi connectivity index (χ4n) is 2.49. The minimum absolute atomic E-state index is 0.0288. The molecule has 1 aliphatic carbocycles. The molecule has 1 fully saturated rings. The van der Waals surface area contributed by atoms with E-state index in [4.69, 9.17) is 27.9 Å². The number of hydrogen-bond donors (Lipinski definition) is 0. The van der Waals surface area contributed by atoms with Crippen LogP contribution in [0, 0.1) is 5.92 Å². The van der Waals surface area contributed by atoms with Crippen molar-refractivity contribution in [3.63, 3.8) is 0 Å². The average Bonchev–Trinajstić information content (AvgIpc) is 2.26.